The van der Waals surface area contributed by atoms with Gasteiger partial charge < -0.3 is 5.32 Å². The molecule has 0 radical (unpaired) electrons. The van der Waals surface area contributed by atoms with Gasteiger partial charge in [0.1, 0.15) is 12.4 Å². The van der Waals surface area contributed by atoms with Gasteiger partial charge in [-0.3, -0.25) is 9.48 Å². The van der Waals surface area contributed by atoms with Gasteiger partial charge in [0, 0.05) is 13.0 Å². The van der Waals surface area contributed by atoms with Gasteiger partial charge in [0.25, 0.3) is 6.43 Å². The minimum absolute atomic E-state index is 0.0118. The first-order chi connectivity index (χ1) is 10.3. The number of nitrogens with one attached hydrogen (secondary N) is 1. The molecule has 0 atom stereocenters. The Labute approximate surface area is 125 Å². The maximum atomic E-state index is 12.2. The van der Waals surface area contributed by atoms with E-state index < -0.39 is 13.0 Å². The summed E-state index contributed by atoms with van der Waals surface area (Å²) in [6.45, 7) is 3.30. The highest BCUT2D eigenvalue weighted by Gasteiger charge is 2.15. The van der Waals surface area contributed by atoms with Gasteiger partial charge >= 0.3 is 0 Å². The van der Waals surface area contributed by atoms with Gasteiger partial charge in [0.15, 0.2) is 11.6 Å². The summed E-state index contributed by atoms with van der Waals surface area (Å²) in [4.78, 5) is 17.0. The molecule has 0 aliphatic heterocycles. The Morgan fingerprint density at radius 3 is 2.68 bits per heavy atom. The molecule has 10 heteroatoms. The Balaban J connectivity index is 1.96. The summed E-state index contributed by atoms with van der Waals surface area (Å²) in [7, 11) is 1.71. The number of aromatic nitrogens is 6. The number of halogens is 2. The van der Waals surface area contributed by atoms with Crippen LogP contribution >= 0.6 is 0 Å². The topological polar surface area (TPSA) is 90.5 Å². The summed E-state index contributed by atoms with van der Waals surface area (Å²) in [5.41, 5.74) is 0. The highest BCUT2D eigenvalue weighted by molar-refractivity contribution is 5.90. The Kier molecular flexibility index (Phi) is 4.78. The molecule has 1 amide bonds. The van der Waals surface area contributed by atoms with Gasteiger partial charge in [-0.05, 0) is 0 Å². The van der Waals surface area contributed by atoms with Gasteiger partial charge in [0.2, 0.25) is 5.91 Å². The lowest BCUT2D eigenvalue weighted by molar-refractivity contribution is -0.115. The van der Waals surface area contributed by atoms with Crippen molar-refractivity contribution in [2.75, 3.05) is 5.32 Å². The average molecular weight is 313 g/mol. The summed E-state index contributed by atoms with van der Waals surface area (Å²) >= 11 is 0. The minimum atomic E-state index is -2.55. The Morgan fingerprint density at radius 1 is 1.36 bits per heavy atom. The van der Waals surface area contributed by atoms with Gasteiger partial charge in [-0.2, -0.15) is 15.0 Å². The molecular formula is C12H17F2N7O. The predicted octanol–water partition coefficient (Wildman–Crippen LogP) is 0.976. The molecule has 0 aromatic carbocycles. The first kappa shape index (κ1) is 16.0. The normalized spacial score (nSPS) is 11.4. The van der Waals surface area contributed by atoms with Crippen LogP contribution in [0.4, 0.5) is 14.6 Å². The van der Waals surface area contributed by atoms with Crippen LogP contribution in [0.1, 0.15) is 31.4 Å². The lowest BCUT2D eigenvalue weighted by atomic mass is 10.2. The van der Waals surface area contributed by atoms with E-state index in [0.29, 0.717) is 11.6 Å². The molecule has 0 unspecified atom stereocenters. The highest BCUT2D eigenvalue weighted by atomic mass is 19.3. The van der Waals surface area contributed by atoms with E-state index in [2.05, 4.69) is 25.6 Å². The number of alkyl halides is 2. The maximum Gasteiger partial charge on any atom is 0.259 e. The summed E-state index contributed by atoms with van der Waals surface area (Å²) in [5, 5.41) is 14.1. The highest BCUT2D eigenvalue weighted by Crippen LogP contribution is 2.10. The molecule has 0 bridgehead atoms. The zero-order chi connectivity index (χ0) is 16.3. The third kappa shape index (κ3) is 4.06. The Morgan fingerprint density at radius 2 is 2.09 bits per heavy atom. The van der Waals surface area contributed by atoms with E-state index in [1.165, 1.54) is 6.20 Å². The molecule has 22 heavy (non-hydrogen) atoms. The monoisotopic (exact) mass is 313 g/mol. The lowest BCUT2D eigenvalue weighted by Gasteiger charge is -2.01. The molecule has 0 saturated carbocycles. The molecule has 2 aromatic heterocycles. The standard InChI is InChI=1S/C12H17F2N7O/c1-7(2)12-17-10(20(3)19-12)4-11(22)16-9-5-15-21(18-9)6-8(13)14/h5,7-8H,4,6H2,1-3H3,(H,16,18,22). The van der Waals surface area contributed by atoms with Crippen molar-refractivity contribution >= 4 is 11.7 Å². The van der Waals surface area contributed by atoms with E-state index in [0.717, 1.165) is 4.80 Å². The molecular weight excluding hydrogens is 296 g/mol. The zero-order valence-electron chi connectivity index (χ0n) is 12.5. The lowest BCUT2D eigenvalue weighted by Crippen LogP contribution is -2.18. The molecule has 0 aliphatic carbocycles. The molecule has 2 rings (SSSR count). The quantitative estimate of drug-likeness (QED) is 0.858. The second-order valence-electron chi connectivity index (χ2n) is 5.07. The van der Waals surface area contributed by atoms with Gasteiger partial charge in [0.05, 0.1) is 12.6 Å². The number of aryl methyl sites for hydroxylation is 1. The first-order valence-corrected chi connectivity index (χ1v) is 6.73. The Hall–Kier alpha value is -2.39. The van der Waals surface area contributed by atoms with Crippen LogP contribution in [0.5, 0.6) is 0 Å². The molecule has 2 heterocycles. The van der Waals surface area contributed by atoms with Crippen molar-refractivity contribution < 1.29 is 13.6 Å². The number of amides is 1. The molecule has 0 fully saturated rings. The van der Waals surface area contributed by atoms with Crippen LogP contribution < -0.4 is 5.32 Å². The number of carbonyl (C=O) groups excluding carboxylic acids is 1. The van der Waals surface area contributed by atoms with Crippen molar-refractivity contribution in [1.29, 1.82) is 0 Å². The van der Waals surface area contributed by atoms with Crippen LogP contribution in [-0.2, 0) is 24.8 Å². The van der Waals surface area contributed by atoms with Crippen molar-refractivity contribution in [3.8, 4) is 0 Å². The van der Waals surface area contributed by atoms with E-state index in [4.69, 9.17) is 0 Å². The number of carbonyl (C=O) groups is 1. The fourth-order valence-corrected chi connectivity index (χ4v) is 1.73. The summed E-state index contributed by atoms with van der Waals surface area (Å²) in [6, 6.07) is 0. The molecule has 1 N–H and O–H groups in total. The molecule has 2 aromatic rings. The van der Waals surface area contributed by atoms with Crippen molar-refractivity contribution in [1.82, 2.24) is 29.8 Å². The third-order valence-corrected chi connectivity index (χ3v) is 2.81. The smallest absolute Gasteiger partial charge is 0.259 e. The molecule has 120 valence electrons. The van der Waals surface area contributed by atoms with Crippen molar-refractivity contribution in [3.05, 3.63) is 17.8 Å². The fraction of sp³-hybridized carbons (Fsp3) is 0.583. The van der Waals surface area contributed by atoms with Gasteiger partial charge in [-0.1, -0.05) is 13.8 Å². The summed E-state index contributed by atoms with van der Waals surface area (Å²) in [6.07, 6.45) is -1.32. The average Bonchev–Trinajstić information content (AvgIpc) is 2.97. The summed E-state index contributed by atoms with van der Waals surface area (Å²) < 4.78 is 25.9. The number of nitrogens with zero attached hydrogens (tertiary/aromatic N) is 6. The van der Waals surface area contributed by atoms with Gasteiger partial charge in [-0.15, -0.1) is 5.10 Å². The fourth-order valence-electron chi connectivity index (χ4n) is 1.73. The van der Waals surface area contributed by atoms with Crippen molar-refractivity contribution in [2.45, 2.75) is 39.2 Å². The van der Waals surface area contributed by atoms with E-state index >= 15 is 0 Å². The summed E-state index contributed by atoms with van der Waals surface area (Å²) in [5.74, 6) is 1.10. The molecule has 8 nitrogen and oxygen atoms in total. The second-order valence-corrected chi connectivity index (χ2v) is 5.07. The van der Waals surface area contributed by atoms with E-state index in [9.17, 15) is 13.6 Å². The predicted molar refractivity (Wildman–Crippen MR) is 73.5 cm³/mol. The number of anilines is 1. The third-order valence-electron chi connectivity index (χ3n) is 2.81. The Bertz CT molecular complexity index is 650. The molecule has 0 spiro atoms. The SMILES string of the molecule is CC(C)c1nc(CC(=O)Nc2cnn(CC(F)F)n2)n(C)n1. The number of rotatable bonds is 6. The van der Waals surface area contributed by atoms with Crippen LogP contribution in [0.25, 0.3) is 0 Å². The van der Waals surface area contributed by atoms with Crippen LogP contribution in [0.2, 0.25) is 0 Å². The van der Waals surface area contributed by atoms with E-state index in [-0.39, 0.29) is 24.1 Å². The largest absolute Gasteiger partial charge is 0.307 e. The second kappa shape index (κ2) is 6.58. The zero-order valence-corrected chi connectivity index (χ0v) is 12.5. The van der Waals surface area contributed by atoms with Crippen molar-refractivity contribution in [2.24, 2.45) is 7.05 Å². The van der Waals surface area contributed by atoms with Crippen LogP contribution in [0.3, 0.4) is 0 Å². The number of hydrogen-bond donors (Lipinski definition) is 1. The molecule has 0 saturated heterocycles. The first-order valence-electron chi connectivity index (χ1n) is 6.73. The van der Waals surface area contributed by atoms with Crippen LogP contribution in [0.15, 0.2) is 6.20 Å². The van der Waals surface area contributed by atoms with Gasteiger partial charge in [-0.25, -0.2) is 13.8 Å². The number of hydrogen-bond acceptors (Lipinski definition) is 5. The van der Waals surface area contributed by atoms with E-state index in [1.54, 1.807) is 11.7 Å². The minimum Gasteiger partial charge on any atom is -0.307 e. The molecule has 0 aliphatic rings. The van der Waals surface area contributed by atoms with E-state index in [1.807, 2.05) is 13.8 Å². The maximum absolute atomic E-state index is 12.2. The van der Waals surface area contributed by atoms with Crippen molar-refractivity contribution in [3.63, 3.8) is 0 Å². The van der Waals surface area contributed by atoms with Crippen LogP contribution in [0, 0.1) is 0 Å². The van der Waals surface area contributed by atoms with Crippen LogP contribution in [-0.4, -0.2) is 42.1 Å².